The van der Waals surface area contributed by atoms with Gasteiger partial charge in [0, 0.05) is 0 Å². The maximum absolute atomic E-state index is 8.69. The number of nitriles is 1. The highest BCUT2D eigenvalue weighted by atomic mass is 16.5. The summed E-state index contributed by atoms with van der Waals surface area (Å²) in [7, 11) is 0. The Kier molecular flexibility index (Phi) is 3.21. The van der Waals surface area contributed by atoms with Gasteiger partial charge in [0.2, 0.25) is 0 Å². The predicted octanol–water partition coefficient (Wildman–Crippen LogP) is 1.38. The lowest BCUT2D eigenvalue weighted by Gasteiger charge is -2.07. The van der Waals surface area contributed by atoms with Gasteiger partial charge in [0.1, 0.15) is 11.6 Å². The molecule has 1 aromatic rings. The van der Waals surface area contributed by atoms with Gasteiger partial charge in [0.15, 0.2) is 0 Å². The summed E-state index contributed by atoms with van der Waals surface area (Å²) in [6.07, 6.45) is 1.47. The van der Waals surface area contributed by atoms with Crippen molar-refractivity contribution in [3.05, 3.63) is 17.8 Å². The minimum atomic E-state index is 0.318. The number of ether oxygens (including phenoxy) is 1. The summed E-state index contributed by atoms with van der Waals surface area (Å²) in [4.78, 5) is 0. The molecule has 0 saturated heterocycles. The Morgan fingerprint density at radius 1 is 1.62 bits per heavy atom. The average molecular weight is 177 g/mol. The smallest absolute Gasteiger partial charge is 0.251 e. The first kappa shape index (κ1) is 9.46. The van der Waals surface area contributed by atoms with Crippen LogP contribution in [0.3, 0.4) is 0 Å². The van der Waals surface area contributed by atoms with E-state index in [1.54, 1.807) is 6.07 Å². The lowest BCUT2D eigenvalue weighted by atomic mass is 10.2. The van der Waals surface area contributed by atoms with E-state index in [4.69, 9.17) is 10.00 Å². The monoisotopic (exact) mass is 177 g/mol. The minimum absolute atomic E-state index is 0.318. The Balaban J connectivity index is 2.71. The molecule has 0 atom stereocenters. The molecule has 0 aliphatic rings. The fourth-order valence-electron chi connectivity index (χ4n) is 0.756. The van der Waals surface area contributed by atoms with Crippen LogP contribution in [0, 0.1) is 17.2 Å². The fraction of sp³-hybridized carbons (Fsp3) is 0.444. The molecular formula is C9H11N3O. The second-order valence-corrected chi connectivity index (χ2v) is 3.07. The summed E-state index contributed by atoms with van der Waals surface area (Å²) in [5.41, 5.74) is 0.427. The summed E-state index contributed by atoms with van der Waals surface area (Å²) in [6, 6.07) is 3.58. The Bertz CT molecular complexity index is 317. The molecule has 0 aromatic carbocycles. The molecule has 1 aromatic heterocycles. The first-order valence-corrected chi connectivity index (χ1v) is 4.08. The maximum Gasteiger partial charge on any atom is 0.251 e. The van der Waals surface area contributed by atoms with Crippen molar-refractivity contribution in [2.75, 3.05) is 6.61 Å². The van der Waals surface area contributed by atoms with Gasteiger partial charge in [-0.15, -0.1) is 5.10 Å². The largest absolute Gasteiger partial charge is 0.475 e. The van der Waals surface area contributed by atoms with E-state index >= 15 is 0 Å². The van der Waals surface area contributed by atoms with Crippen molar-refractivity contribution >= 4 is 0 Å². The highest BCUT2D eigenvalue weighted by Crippen LogP contribution is 2.11. The second-order valence-electron chi connectivity index (χ2n) is 3.07. The molecule has 0 aliphatic heterocycles. The molecule has 0 N–H and O–H groups in total. The van der Waals surface area contributed by atoms with E-state index in [2.05, 4.69) is 10.2 Å². The second kappa shape index (κ2) is 4.41. The zero-order valence-electron chi connectivity index (χ0n) is 7.69. The van der Waals surface area contributed by atoms with Crippen molar-refractivity contribution < 1.29 is 4.74 Å². The molecule has 13 heavy (non-hydrogen) atoms. The standard InChI is InChI=1S/C9H11N3O/c1-7(2)6-13-9-8(5-10)3-4-11-12-9/h3-4,7H,6H2,1-2H3. The van der Waals surface area contributed by atoms with Crippen molar-refractivity contribution in [1.29, 1.82) is 5.26 Å². The Hall–Kier alpha value is -1.63. The zero-order valence-corrected chi connectivity index (χ0v) is 7.69. The van der Waals surface area contributed by atoms with E-state index in [1.807, 2.05) is 19.9 Å². The number of nitrogens with zero attached hydrogens (tertiary/aromatic N) is 3. The molecule has 4 nitrogen and oxygen atoms in total. The van der Waals surface area contributed by atoms with Crippen molar-refractivity contribution in [1.82, 2.24) is 10.2 Å². The highest BCUT2D eigenvalue weighted by Gasteiger charge is 2.04. The zero-order chi connectivity index (χ0) is 9.68. The Labute approximate surface area is 77.2 Å². The van der Waals surface area contributed by atoms with E-state index < -0.39 is 0 Å². The maximum atomic E-state index is 8.69. The van der Waals surface area contributed by atoms with E-state index in [9.17, 15) is 0 Å². The topological polar surface area (TPSA) is 58.8 Å². The van der Waals surface area contributed by atoms with Gasteiger partial charge in [0.05, 0.1) is 12.8 Å². The van der Waals surface area contributed by atoms with E-state index in [0.717, 1.165) is 0 Å². The van der Waals surface area contributed by atoms with Crippen molar-refractivity contribution in [3.8, 4) is 11.9 Å². The van der Waals surface area contributed by atoms with Gasteiger partial charge in [-0.3, -0.25) is 0 Å². The van der Waals surface area contributed by atoms with Gasteiger partial charge in [-0.2, -0.15) is 10.4 Å². The van der Waals surface area contributed by atoms with Gasteiger partial charge in [-0.25, -0.2) is 0 Å². The van der Waals surface area contributed by atoms with Gasteiger partial charge in [0.25, 0.3) is 5.88 Å². The number of rotatable bonds is 3. The summed E-state index contributed by atoms with van der Waals surface area (Å²) in [5, 5.41) is 16.1. The van der Waals surface area contributed by atoms with Crippen LogP contribution in [-0.4, -0.2) is 16.8 Å². The molecule has 0 bridgehead atoms. The van der Waals surface area contributed by atoms with Crippen LogP contribution < -0.4 is 4.74 Å². The summed E-state index contributed by atoms with van der Waals surface area (Å²) >= 11 is 0. The average Bonchev–Trinajstić information content (AvgIpc) is 2.15. The lowest BCUT2D eigenvalue weighted by Crippen LogP contribution is -2.07. The van der Waals surface area contributed by atoms with Crippen LogP contribution >= 0.6 is 0 Å². The van der Waals surface area contributed by atoms with Crippen LogP contribution in [0.25, 0.3) is 0 Å². The summed E-state index contributed by atoms with van der Waals surface area (Å²) < 4.78 is 5.29. The minimum Gasteiger partial charge on any atom is -0.475 e. The quantitative estimate of drug-likeness (QED) is 0.699. The number of hydrogen-bond acceptors (Lipinski definition) is 4. The molecule has 0 saturated carbocycles. The third kappa shape index (κ3) is 2.71. The van der Waals surface area contributed by atoms with Gasteiger partial charge in [-0.1, -0.05) is 13.8 Å². The SMILES string of the molecule is CC(C)COc1nnccc1C#N. The van der Waals surface area contributed by atoms with E-state index in [0.29, 0.717) is 24.0 Å². The lowest BCUT2D eigenvalue weighted by molar-refractivity contribution is 0.258. The normalized spacial score (nSPS) is 9.69. The molecule has 68 valence electrons. The Morgan fingerprint density at radius 3 is 3.00 bits per heavy atom. The molecule has 1 heterocycles. The number of hydrogen-bond donors (Lipinski definition) is 0. The van der Waals surface area contributed by atoms with Crippen LogP contribution in [0.15, 0.2) is 12.3 Å². The molecular weight excluding hydrogens is 166 g/mol. The number of aromatic nitrogens is 2. The third-order valence-corrected chi connectivity index (χ3v) is 1.36. The predicted molar refractivity (Wildman–Crippen MR) is 47.1 cm³/mol. The van der Waals surface area contributed by atoms with Crippen molar-refractivity contribution in [2.45, 2.75) is 13.8 Å². The third-order valence-electron chi connectivity index (χ3n) is 1.36. The van der Waals surface area contributed by atoms with Crippen LogP contribution in [0.1, 0.15) is 19.4 Å². The van der Waals surface area contributed by atoms with E-state index in [1.165, 1.54) is 6.20 Å². The van der Waals surface area contributed by atoms with Crippen LogP contribution in [0.4, 0.5) is 0 Å². The van der Waals surface area contributed by atoms with Gasteiger partial charge in [-0.05, 0) is 12.0 Å². The molecule has 0 spiro atoms. The van der Waals surface area contributed by atoms with Crippen molar-refractivity contribution in [3.63, 3.8) is 0 Å². The van der Waals surface area contributed by atoms with Crippen LogP contribution in [-0.2, 0) is 0 Å². The molecule has 0 unspecified atom stereocenters. The summed E-state index contributed by atoms with van der Waals surface area (Å²) in [5.74, 6) is 0.729. The van der Waals surface area contributed by atoms with Gasteiger partial charge >= 0.3 is 0 Å². The first-order chi connectivity index (χ1) is 6.24. The van der Waals surface area contributed by atoms with Crippen LogP contribution in [0.2, 0.25) is 0 Å². The molecule has 0 radical (unpaired) electrons. The van der Waals surface area contributed by atoms with Gasteiger partial charge < -0.3 is 4.74 Å². The van der Waals surface area contributed by atoms with E-state index in [-0.39, 0.29) is 0 Å². The summed E-state index contributed by atoms with van der Waals surface area (Å²) in [6.45, 7) is 4.61. The highest BCUT2D eigenvalue weighted by molar-refractivity contribution is 5.35. The molecule has 0 fully saturated rings. The Morgan fingerprint density at radius 2 is 2.38 bits per heavy atom. The fourth-order valence-corrected chi connectivity index (χ4v) is 0.756. The van der Waals surface area contributed by atoms with Crippen molar-refractivity contribution in [2.24, 2.45) is 5.92 Å². The molecule has 0 amide bonds. The molecule has 0 aliphatic carbocycles. The first-order valence-electron chi connectivity index (χ1n) is 4.08. The molecule has 4 heteroatoms. The molecule has 1 rings (SSSR count). The van der Waals surface area contributed by atoms with Crippen LogP contribution in [0.5, 0.6) is 5.88 Å².